The smallest absolute Gasteiger partial charge is 0.123 e. The Balaban J connectivity index is 2.28. The number of hydrogen-bond acceptors (Lipinski definition) is 2. The molecule has 0 aliphatic heterocycles. The minimum absolute atomic E-state index is 0.240. The Morgan fingerprint density at radius 3 is 2.62 bits per heavy atom. The molecule has 0 aliphatic carbocycles. The Labute approximate surface area is 103 Å². The van der Waals surface area contributed by atoms with Gasteiger partial charge in [-0.05, 0) is 31.7 Å². The number of nitrogens with one attached hydrogen (secondary N) is 2. The molecule has 0 radical (unpaired) electrons. The number of benzene rings is 1. The van der Waals surface area contributed by atoms with Gasteiger partial charge in [-0.2, -0.15) is 0 Å². The summed E-state index contributed by atoms with van der Waals surface area (Å²) in [7, 11) is 1.92. The molecule has 4 heteroatoms. The highest BCUT2D eigenvalue weighted by atomic mass is 79.9. The van der Waals surface area contributed by atoms with E-state index in [-0.39, 0.29) is 6.04 Å². The first-order chi connectivity index (χ1) is 7.70. The minimum Gasteiger partial charge on any atom is -0.341 e. The summed E-state index contributed by atoms with van der Waals surface area (Å²) >= 11 is 3.42. The molecule has 0 aliphatic rings. The summed E-state index contributed by atoms with van der Waals surface area (Å²) in [5.41, 5.74) is 2.19. The normalized spacial score (nSPS) is 12.7. The second kappa shape index (κ2) is 4.80. The van der Waals surface area contributed by atoms with Crippen LogP contribution in [0.2, 0.25) is 0 Å². The second-order valence-corrected chi connectivity index (χ2v) is 4.62. The van der Waals surface area contributed by atoms with Crippen molar-refractivity contribution in [2.24, 2.45) is 0 Å². The van der Waals surface area contributed by atoms with Crippen molar-refractivity contribution in [2.75, 3.05) is 7.05 Å². The van der Waals surface area contributed by atoms with Crippen LogP contribution >= 0.6 is 15.9 Å². The van der Waals surface area contributed by atoms with E-state index in [1.54, 1.807) is 0 Å². The Morgan fingerprint density at radius 2 is 2.00 bits per heavy atom. The molecule has 0 unspecified atom stereocenters. The van der Waals surface area contributed by atoms with Gasteiger partial charge in [0.05, 0.1) is 17.9 Å². The summed E-state index contributed by atoms with van der Waals surface area (Å²) in [6.45, 7) is 2.07. The standard InChI is InChI=1S/C12H14BrN3/c1-8(14-2)12-15-7-11(16-12)9-3-5-10(13)6-4-9/h3-8,14H,1-2H3,(H,15,16)/t8-/m1/s1. The molecule has 84 valence electrons. The molecule has 1 atom stereocenters. The molecule has 2 N–H and O–H groups in total. The van der Waals surface area contributed by atoms with Gasteiger partial charge in [-0.3, -0.25) is 0 Å². The van der Waals surface area contributed by atoms with Crippen molar-refractivity contribution in [3.63, 3.8) is 0 Å². The molecule has 0 fully saturated rings. The lowest BCUT2D eigenvalue weighted by molar-refractivity contribution is 0.618. The molecule has 0 spiro atoms. The van der Waals surface area contributed by atoms with Crippen LogP contribution in [0.1, 0.15) is 18.8 Å². The fourth-order valence-corrected chi connectivity index (χ4v) is 1.73. The molecular formula is C12H14BrN3. The Hall–Kier alpha value is -1.13. The molecule has 2 rings (SSSR count). The third-order valence-corrected chi connectivity index (χ3v) is 3.12. The van der Waals surface area contributed by atoms with Crippen LogP contribution in [0.5, 0.6) is 0 Å². The molecule has 0 bridgehead atoms. The van der Waals surface area contributed by atoms with E-state index in [0.29, 0.717) is 0 Å². The molecule has 0 saturated heterocycles. The maximum Gasteiger partial charge on any atom is 0.123 e. The topological polar surface area (TPSA) is 40.7 Å². The van der Waals surface area contributed by atoms with Crippen LogP contribution in [0.3, 0.4) is 0 Å². The first-order valence-corrected chi connectivity index (χ1v) is 5.98. The zero-order chi connectivity index (χ0) is 11.5. The number of hydrogen-bond donors (Lipinski definition) is 2. The highest BCUT2D eigenvalue weighted by molar-refractivity contribution is 9.10. The van der Waals surface area contributed by atoms with Crippen molar-refractivity contribution < 1.29 is 0 Å². The molecule has 1 heterocycles. The molecule has 0 amide bonds. The molecular weight excluding hydrogens is 266 g/mol. The van der Waals surface area contributed by atoms with Crippen LogP contribution < -0.4 is 5.32 Å². The van der Waals surface area contributed by atoms with E-state index < -0.39 is 0 Å². The maximum atomic E-state index is 4.36. The number of imidazole rings is 1. The second-order valence-electron chi connectivity index (χ2n) is 3.70. The van der Waals surface area contributed by atoms with Gasteiger partial charge >= 0.3 is 0 Å². The number of aromatic nitrogens is 2. The van der Waals surface area contributed by atoms with E-state index in [9.17, 15) is 0 Å². The van der Waals surface area contributed by atoms with Gasteiger partial charge in [-0.25, -0.2) is 4.98 Å². The summed E-state index contributed by atoms with van der Waals surface area (Å²) in [5, 5.41) is 3.15. The number of aromatic amines is 1. The maximum absolute atomic E-state index is 4.36. The molecule has 16 heavy (non-hydrogen) atoms. The van der Waals surface area contributed by atoms with Gasteiger partial charge in [0, 0.05) is 4.47 Å². The van der Waals surface area contributed by atoms with Crippen molar-refractivity contribution in [3.05, 3.63) is 40.8 Å². The fourth-order valence-electron chi connectivity index (χ4n) is 1.47. The Bertz CT molecular complexity index is 461. The Kier molecular flexibility index (Phi) is 3.41. The molecule has 1 aromatic carbocycles. The molecule has 3 nitrogen and oxygen atoms in total. The summed E-state index contributed by atoms with van der Waals surface area (Å²) in [5.74, 6) is 0.959. The quantitative estimate of drug-likeness (QED) is 0.907. The Morgan fingerprint density at radius 1 is 1.31 bits per heavy atom. The predicted molar refractivity (Wildman–Crippen MR) is 69.2 cm³/mol. The SMILES string of the molecule is CN[C@H](C)c1ncc(-c2ccc(Br)cc2)[nH]1. The summed E-state index contributed by atoms with van der Waals surface area (Å²) in [6, 6.07) is 8.41. The van der Waals surface area contributed by atoms with Crippen molar-refractivity contribution in [3.8, 4) is 11.3 Å². The van der Waals surface area contributed by atoms with Crippen molar-refractivity contribution in [1.29, 1.82) is 0 Å². The number of halogens is 1. The molecule has 1 aromatic heterocycles. The van der Waals surface area contributed by atoms with Crippen LogP contribution in [0.15, 0.2) is 34.9 Å². The van der Waals surface area contributed by atoms with E-state index in [1.807, 2.05) is 25.4 Å². The van der Waals surface area contributed by atoms with E-state index in [2.05, 4.69) is 50.3 Å². The van der Waals surface area contributed by atoms with Crippen LogP contribution in [-0.2, 0) is 0 Å². The lowest BCUT2D eigenvalue weighted by Gasteiger charge is -2.05. The highest BCUT2D eigenvalue weighted by Crippen LogP contribution is 2.21. The molecule has 2 aromatic rings. The van der Waals surface area contributed by atoms with E-state index in [4.69, 9.17) is 0 Å². The largest absolute Gasteiger partial charge is 0.341 e. The first-order valence-electron chi connectivity index (χ1n) is 5.19. The van der Waals surface area contributed by atoms with Gasteiger partial charge in [0.2, 0.25) is 0 Å². The average Bonchev–Trinajstić information content (AvgIpc) is 2.78. The van der Waals surface area contributed by atoms with Crippen LogP contribution in [0.25, 0.3) is 11.3 Å². The summed E-state index contributed by atoms with van der Waals surface area (Å²) in [4.78, 5) is 7.67. The minimum atomic E-state index is 0.240. The van der Waals surface area contributed by atoms with Gasteiger partial charge in [0.1, 0.15) is 5.82 Å². The van der Waals surface area contributed by atoms with Crippen molar-refractivity contribution >= 4 is 15.9 Å². The highest BCUT2D eigenvalue weighted by Gasteiger charge is 2.07. The monoisotopic (exact) mass is 279 g/mol. The fraction of sp³-hybridized carbons (Fsp3) is 0.250. The lowest BCUT2D eigenvalue weighted by atomic mass is 10.2. The van der Waals surface area contributed by atoms with Gasteiger partial charge in [-0.1, -0.05) is 28.1 Å². The summed E-state index contributed by atoms with van der Waals surface area (Å²) in [6.07, 6.45) is 1.87. The van der Waals surface area contributed by atoms with E-state index in [1.165, 1.54) is 0 Å². The zero-order valence-electron chi connectivity index (χ0n) is 9.29. The predicted octanol–water partition coefficient (Wildman–Crippen LogP) is 3.12. The zero-order valence-corrected chi connectivity index (χ0v) is 10.9. The van der Waals surface area contributed by atoms with E-state index in [0.717, 1.165) is 21.6 Å². The lowest BCUT2D eigenvalue weighted by Crippen LogP contribution is -2.13. The average molecular weight is 280 g/mol. The number of rotatable bonds is 3. The number of H-pyrrole nitrogens is 1. The van der Waals surface area contributed by atoms with Gasteiger partial charge in [0.15, 0.2) is 0 Å². The summed E-state index contributed by atoms with van der Waals surface area (Å²) < 4.78 is 1.08. The van der Waals surface area contributed by atoms with Crippen LogP contribution in [0, 0.1) is 0 Å². The van der Waals surface area contributed by atoms with Gasteiger partial charge in [0.25, 0.3) is 0 Å². The van der Waals surface area contributed by atoms with Crippen molar-refractivity contribution in [2.45, 2.75) is 13.0 Å². The van der Waals surface area contributed by atoms with Crippen LogP contribution in [-0.4, -0.2) is 17.0 Å². The first kappa shape index (κ1) is 11.4. The van der Waals surface area contributed by atoms with Crippen LogP contribution in [0.4, 0.5) is 0 Å². The van der Waals surface area contributed by atoms with Gasteiger partial charge in [-0.15, -0.1) is 0 Å². The van der Waals surface area contributed by atoms with E-state index >= 15 is 0 Å². The van der Waals surface area contributed by atoms with Crippen molar-refractivity contribution in [1.82, 2.24) is 15.3 Å². The third-order valence-electron chi connectivity index (χ3n) is 2.59. The number of nitrogens with zero attached hydrogens (tertiary/aromatic N) is 1. The third kappa shape index (κ3) is 2.33. The van der Waals surface area contributed by atoms with Gasteiger partial charge < -0.3 is 10.3 Å². The molecule has 0 saturated carbocycles.